The van der Waals surface area contributed by atoms with Gasteiger partial charge in [-0.15, -0.1) is 0 Å². The first-order chi connectivity index (χ1) is 15.8. The molecular formula is C24H28N2O7. The van der Waals surface area contributed by atoms with Gasteiger partial charge in [0, 0.05) is 25.3 Å². The van der Waals surface area contributed by atoms with Crippen LogP contribution in [-0.2, 0) is 16.0 Å². The first-order valence-corrected chi connectivity index (χ1v) is 11.1. The van der Waals surface area contributed by atoms with Gasteiger partial charge in [0.2, 0.25) is 6.29 Å². The fourth-order valence-corrected chi connectivity index (χ4v) is 5.04. The molecule has 3 heterocycles. The number of hydrogen-bond donors (Lipinski definition) is 4. The van der Waals surface area contributed by atoms with Crippen LogP contribution in [0.4, 0.5) is 5.69 Å². The third-order valence-corrected chi connectivity index (χ3v) is 6.80. The van der Waals surface area contributed by atoms with Crippen molar-refractivity contribution in [2.45, 2.75) is 43.2 Å². The van der Waals surface area contributed by atoms with E-state index in [0.29, 0.717) is 12.2 Å². The van der Waals surface area contributed by atoms with Crippen molar-refractivity contribution in [1.29, 1.82) is 0 Å². The third-order valence-electron chi connectivity index (χ3n) is 6.80. The van der Waals surface area contributed by atoms with Crippen LogP contribution in [0, 0.1) is 0 Å². The number of carboxylic acid groups (broad SMARTS) is 1. The van der Waals surface area contributed by atoms with Gasteiger partial charge in [-0.1, -0.05) is 24.3 Å². The number of aliphatic carboxylic acids is 1. The Labute approximate surface area is 191 Å². The lowest BCUT2D eigenvalue weighted by Gasteiger charge is -2.42. The van der Waals surface area contributed by atoms with Crippen LogP contribution in [0.25, 0.3) is 0 Å². The number of hydrogen-bond acceptors (Lipinski definition) is 8. The number of carbonyl (C=O) groups is 1. The van der Waals surface area contributed by atoms with Crippen LogP contribution in [0.1, 0.15) is 22.7 Å². The smallest absolute Gasteiger partial charge is 0.335 e. The number of ether oxygens (including phenoxy) is 2. The summed E-state index contributed by atoms with van der Waals surface area (Å²) < 4.78 is 11.1. The van der Waals surface area contributed by atoms with E-state index >= 15 is 0 Å². The molecule has 0 spiro atoms. The predicted octanol–water partition coefficient (Wildman–Crippen LogP) is 0.355. The van der Waals surface area contributed by atoms with Crippen LogP contribution in [-0.4, -0.2) is 88.7 Å². The molecule has 0 saturated carbocycles. The van der Waals surface area contributed by atoms with Crippen LogP contribution in [0.3, 0.4) is 0 Å². The van der Waals surface area contributed by atoms with Crippen molar-refractivity contribution in [3.63, 3.8) is 0 Å². The van der Waals surface area contributed by atoms with Gasteiger partial charge in [-0.3, -0.25) is 0 Å². The van der Waals surface area contributed by atoms with Crippen molar-refractivity contribution in [3.05, 3.63) is 59.2 Å². The Kier molecular flexibility index (Phi) is 5.75. The van der Waals surface area contributed by atoms with E-state index in [9.17, 15) is 25.2 Å². The summed E-state index contributed by atoms with van der Waals surface area (Å²) in [7, 11) is 2.13. The fourth-order valence-electron chi connectivity index (χ4n) is 5.04. The number of nitrogens with zero attached hydrogens (tertiary/aromatic N) is 2. The van der Waals surface area contributed by atoms with Gasteiger partial charge in [-0.25, -0.2) is 4.79 Å². The van der Waals surface area contributed by atoms with Crippen LogP contribution < -0.4 is 9.64 Å². The third kappa shape index (κ3) is 3.96. The normalized spacial score (nSPS) is 31.7. The van der Waals surface area contributed by atoms with E-state index < -0.39 is 36.7 Å². The van der Waals surface area contributed by atoms with Crippen molar-refractivity contribution in [2.75, 3.05) is 31.6 Å². The highest BCUT2D eigenvalue weighted by Crippen LogP contribution is 2.40. The summed E-state index contributed by atoms with van der Waals surface area (Å²) in [5.74, 6) is -1.06. The Bertz CT molecular complexity index is 1050. The molecule has 2 aromatic rings. The molecule has 0 unspecified atom stereocenters. The van der Waals surface area contributed by atoms with E-state index in [0.717, 1.165) is 30.9 Å². The largest absolute Gasteiger partial charge is 0.479 e. The van der Waals surface area contributed by atoms with E-state index in [-0.39, 0.29) is 6.04 Å². The molecule has 2 aromatic carbocycles. The lowest BCUT2D eigenvalue weighted by atomic mass is 9.96. The summed E-state index contributed by atoms with van der Waals surface area (Å²) in [6, 6.07) is 14.3. The zero-order valence-corrected chi connectivity index (χ0v) is 18.2. The maximum Gasteiger partial charge on any atom is 0.335 e. The van der Waals surface area contributed by atoms with Crippen LogP contribution >= 0.6 is 0 Å². The van der Waals surface area contributed by atoms with Gasteiger partial charge >= 0.3 is 5.97 Å². The number of fused-ring (bicyclic) bond motifs is 5. The standard InChI is InChI=1S/C24H28N2O7/c1-25-8-9-26-17-7-6-15(32-24-21(29)19(27)20(28)22(33-24)23(30)31)11-14(17)10-13-4-2-3-5-16(13)18(26)12-25/h2-7,11,18-22,24,27-29H,8-10,12H2,1H3,(H,30,31)/t18-,19-,20-,21+,22-,24+/m0/s1. The number of piperazine rings is 1. The number of likely N-dealkylation sites (N-methyl/N-ethyl adjacent to an activating group) is 1. The zero-order valence-electron chi connectivity index (χ0n) is 18.2. The Hall–Kier alpha value is -2.69. The van der Waals surface area contributed by atoms with Crippen LogP contribution in [0.2, 0.25) is 0 Å². The molecule has 0 aliphatic carbocycles. The Morgan fingerprint density at radius 3 is 2.61 bits per heavy atom. The number of carboxylic acids is 1. The topological polar surface area (TPSA) is 123 Å². The lowest BCUT2D eigenvalue weighted by Crippen LogP contribution is -2.61. The SMILES string of the molecule is CN1CCN2c3ccc(O[C@@H]4O[C@H](C(=O)O)[C@@H](O)[C@H](O)[C@H]4O)cc3Cc3ccccc3[C@@H]2C1. The van der Waals surface area contributed by atoms with Crippen molar-refractivity contribution in [3.8, 4) is 5.75 Å². The molecule has 5 rings (SSSR count). The predicted molar refractivity (Wildman–Crippen MR) is 118 cm³/mol. The number of aliphatic hydroxyl groups excluding tert-OH is 3. The molecule has 0 amide bonds. The average Bonchev–Trinajstić information content (AvgIpc) is 2.93. The Balaban J connectivity index is 1.46. The van der Waals surface area contributed by atoms with E-state index in [1.807, 2.05) is 18.2 Å². The molecule has 0 bridgehead atoms. The minimum atomic E-state index is -1.75. The Morgan fingerprint density at radius 2 is 1.82 bits per heavy atom. The quantitative estimate of drug-likeness (QED) is 0.518. The summed E-state index contributed by atoms with van der Waals surface area (Å²) in [6.07, 6.45) is -7.49. The number of benzene rings is 2. The van der Waals surface area contributed by atoms with Crippen LogP contribution in [0.5, 0.6) is 5.75 Å². The number of anilines is 1. The monoisotopic (exact) mass is 456 g/mol. The average molecular weight is 456 g/mol. The van der Waals surface area contributed by atoms with Gasteiger partial charge in [-0.2, -0.15) is 0 Å². The first-order valence-electron chi connectivity index (χ1n) is 11.1. The van der Waals surface area contributed by atoms with E-state index in [1.54, 1.807) is 6.07 Å². The lowest BCUT2D eigenvalue weighted by molar-refractivity contribution is -0.271. The summed E-state index contributed by atoms with van der Waals surface area (Å²) in [4.78, 5) is 16.1. The van der Waals surface area contributed by atoms with Crippen molar-refractivity contribution < 1.29 is 34.7 Å². The van der Waals surface area contributed by atoms with Crippen molar-refractivity contribution >= 4 is 11.7 Å². The second-order valence-electron chi connectivity index (χ2n) is 8.99. The molecule has 2 fully saturated rings. The zero-order chi connectivity index (χ0) is 23.3. The molecule has 0 aromatic heterocycles. The minimum absolute atomic E-state index is 0.240. The van der Waals surface area contributed by atoms with Gasteiger partial charge < -0.3 is 39.7 Å². The molecule has 33 heavy (non-hydrogen) atoms. The summed E-state index contributed by atoms with van der Waals surface area (Å²) in [6.45, 7) is 2.76. The molecule has 4 N–H and O–H groups in total. The van der Waals surface area contributed by atoms with E-state index in [1.165, 1.54) is 11.1 Å². The first kappa shape index (κ1) is 22.1. The molecule has 3 aliphatic rings. The van der Waals surface area contributed by atoms with E-state index in [2.05, 4.69) is 35.0 Å². The van der Waals surface area contributed by atoms with E-state index in [4.69, 9.17) is 9.47 Å². The van der Waals surface area contributed by atoms with Crippen LogP contribution in [0.15, 0.2) is 42.5 Å². The molecule has 176 valence electrons. The molecule has 2 saturated heterocycles. The maximum absolute atomic E-state index is 11.4. The second kappa shape index (κ2) is 8.58. The molecule has 0 radical (unpaired) electrons. The number of aliphatic hydroxyl groups is 3. The molecule has 9 nitrogen and oxygen atoms in total. The Morgan fingerprint density at radius 1 is 1.03 bits per heavy atom. The molecule has 6 atom stereocenters. The van der Waals surface area contributed by atoms with Gasteiger partial charge in [-0.05, 0) is 48.4 Å². The molecule has 9 heteroatoms. The molecular weight excluding hydrogens is 428 g/mol. The van der Waals surface area contributed by atoms with Gasteiger partial charge in [0.25, 0.3) is 0 Å². The highest BCUT2D eigenvalue weighted by atomic mass is 16.7. The fraction of sp³-hybridized carbons (Fsp3) is 0.458. The summed E-state index contributed by atoms with van der Waals surface area (Å²) in [5.41, 5.74) is 4.70. The van der Waals surface area contributed by atoms with Gasteiger partial charge in [0.1, 0.15) is 24.1 Å². The van der Waals surface area contributed by atoms with Gasteiger partial charge in [0.05, 0.1) is 6.04 Å². The highest BCUT2D eigenvalue weighted by molar-refractivity contribution is 5.73. The van der Waals surface area contributed by atoms with Gasteiger partial charge in [0.15, 0.2) is 6.10 Å². The summed E-state index contributed by atoms with van der Waals surface area (Å²) in [5, 5.41) is 39.5. The second-order valence-corrected chi connectivity index (χ2v) is 8.99. The van der Waals surface area contributed by atoms with Crippen molar-refractivity contribution in [2.24, 2.45) is 0 Å². The van der Waals surface area contributed by atoms with Crippen molar-refractivity contribution in [1.82, 2.24) is 4.90 Å². The highest BCUT2D eigenvalue weighted by Gasteiger charge is 2.48. The summed E-state index contributed by atoms with van der Waals surface area (Å²) >= 11 is 0. The number of rotatable bonds is 3. The molecule has 3 aliphatic heterocycles. The minimum Gasteiger partial charge on any atom is -0.479 e. The maximum atomic E-state index is 11.4.